The molecule has 0 heterocycles. The summed E-state index contributed by atoms with van der Waals surface area (Å²) in [5.41, 5.74) is 1.94. The van der Waals surface area contributed by atoms with Gasteiger partial charge in [-0.1, -0.05) is 53.0 Å². The lowest BCUT2D eigenvalue weighted by atomic mass is 10.2. The van der Waals surface area contributed by atoms with Crippen LogP contribution in [0.1, 0.15) is 11.1 Å². The molecule has 0 saturated heterocycles. The van der Waals surface area contributed by atoms with Gasteiger partial charge in [-0.2, -0.15) is 4.31 Å². The molecule has 9 heteroatoms. The molecule has 32 heavy (non-hydrogen) atoms. The van der Waals surface area contributed by atoms with E-state index in [-0.39, 0.29) is 11.4 Å². The van der Waals surface area contributed by atoms with Gasteiger partial charge in [-0.3, -0.25) is 4.79 Å². The van der Waals surface area contributed by atoms with Crippen molar-refractivity contribution in [2.75, 3.05) is 19.0 Å². The summed E-state index contributed by atoms with van der Waals surface area (Å²) in [4.78, 5) is 12.9. The molecule has 0 aliphatic rings. The molecule has 0 aromatic heterocycles. The number of halogens is 2. The Morgan fingerprint density at radius 3 is 2.41 bits per heavy atom. The van der Waals surface area contributed by atoms with Crippen molar-refractivity contribution in [2.45, 2.75) is 18.4 Å². The number of amides is 1. The van der Waals surface area contributed by atoms with Gasteiger partial charge >= 0.3 is 0 Å². The van der Waals surface area contributed by atoms with Crippen LogP contribution in [0.15, 0.2) is 71.6 Å². The van der Waals surface area contributed by atoms with Crippen LogP contribution in [0.25, 0.3) is 0 Å². The van der Waals surface area contributed by atoms with Crippen LogP contribution in [0, 0.1) is 6.92 Å². The molecule has 3 rings (SSSR count). The average Bonchev–Trinajstić information content (AvgIpc) is 2.75. The number of hydrogen-bond acceptors (Lipinski definition) is 4. The normalized spacial score (nSPS) is 11.4. The van der Waals surface area contributed by atoms with Crippen molar-refractivity contribution >= 4 is 44.8 Å². The SMILES string of the molecule is COc1cccc(NC(=O)CN(Cc2ccc(Cl)cc2Cl)S(=O)(=O)c2ccc(C)cc2)c1. The summed E-state index contributed by atoms with van der Waals surface area (Å²) in [6, 6.07) is 18.0. The number of carbonyl (C=O) groups is 1. The van der Waals surface area contributed by atoms with E-state index in [1.54, 1.807) is 48.5 Å². The van der Waals surface area contributed by atoms with Crippen LogP contribution in [-0.2, 0) is 21.4 Å². The molecule has 3 aromatic carbocycles. The van der Waals surface area contributed by atoms with Crippen LogP contribution >= 0.6 is 23.2 Å². The molecule has 0 unspecified atom stereocenters. The molecule has 0 saturated carbocycles. The lowest BCUT2D eigenvalue weighted by Gasteiger charge is -2.23. The number of benzene rings is 3. The second kappa shape index (κ2) is 10.4. The molecule has 0 spiro atoms. The molecule has 0 fully saturated rings. The fourth-order valence-electron chi connectivity index (χ4n) is 2.99. The number of hydrogen-bond donors (Lipinski definition) is 1. The molecular weight excluding hydrogens is 471 g/mol. The van der Waals surface area contributed by atoms with Crippen LogP contribution in [0.2, 0.25) is 10.0 Å². The largest absolute Gasteiger partial charge is 0.497 e. The third kappa shape index (κ3) is 6.01. The van der Waals surface area contributed by atoms with Crippen molar-refractivity contribution in [1.82, 2.24) is 4.31 Å². The Labute approximate surface area is 197 Å². The number of nitrogens with zero attached hydrogens (tertiary/aromatic N) is 1. The van der Waals surface area contributed by atoms with E-state index >= 15 is 0 Å². The highest BCUT2D eigenvalue weighted by atomic mass is 35.5. The highest BCUT2D eigenvalue weighted by molar-refractivity contribution is 7.89. The quantitative estimate of drug-likeness (QED) is 0.472. The molecule has 0 aliphatic heterocycles. The Morgan fingerprint density at radius 1 is 1.03 bits per heavy atom. The second-order valence-corrected chi connectivity index (χ2v) is 9.88. The van der Waals surface area contributed by atoms with Crippen molar-refractivity contribution < 1.29 is 17.9 Å². The average molecular weight is 493 g/mol. The first-order valence-corrected chi connectivity index (χ1v) is 11.8. The summed E-state index contributed by atoms with van der Waals surface area (Å²) in [5.74, 6) is 0.0684. The number of rotatable bonds is 8. The van der Waals surface area contributed by atoms with Crippen molar-refractivity contribution in [2.24, 2.45) is 0 Å². The molecule has 1 amide bonds. The molecule has 0 radical (unpaired) electrons. The molecule has 1 N–H and O–H groups in total. The van der Waals surface area contributed by atoms with Gasteiger partial charge in [0.15, 0.2) is 0 Å². The van der Waals surface area contributed by atoms with Crippen molar-refractivity contribution in [1.29, 1.82) is 0 Å². The van der Waals surface area contributed by atoms with Gasteiger partial charge in [0.05, 0.1) is 18.6 Å². The lowest BCUT2D eigenvalue weighted by molar-refractivity contribution is -0.116. The maximum absolute atomic E-state index is 13.4. The summed E-state index contributed by atoms with van der Waals surface area (Å²) < 4.78 is 33.0. The minimum absolute atomic E-state index is 0.0855. The van der Waals surface area contributed by atoms with Gasteiger partial charge in [0.1, 0.15) is 5.75 Å². The number of sulfonamides is 1. The van der Waals surface area contributed by atoms with Gasteiger partial charge < -0.3 is 10.1 Å². The minimum Gasteiger partial charge on any atom is -0.497 e. The van der Waals surface area contributed by atoms with Crippen LogP contribution in [0.4, 0.5) is 5.69 Å². The van der Waals surface area contributed by atoms with E-state index in [9.17, 15) is 13.2 Å². The van der Waals surface area contributed by atoms with Gasteiger partial charge in [0, 0.05) is 28.3 Å². The lowest BCUT2D eigenvalue weighted by Crippen LogP contribution is -2.37. The van der Waals surface area contributed by atoms with Crippen LogP contribution < -0.4 is 10.1 Å². The number of anilines is 1. The highest BCUT2D eigenvalue weighted by Gasteiger charge is 2.27. The first kappa shape index (κ1) is 24.1. The van der Waals surface area contributed by atoms with E-state index in [1.807, 2.05) is 6.92 Å². The fraction of sp³-hybridized carbons (Fsp3) is 0.174. The maximum Gasteiger partial charge on any atom is 0.243 e. The number of nitrogens with one attached hydrogen (secondary N) is 1. The van der Waals surface area contributed by atoms with E-state index < -0.39 is 22.5 Å². The van der Waals surface area contributed by atoms with E-state index in [2.05, 4.69) is 5.32 Å². The van der Waals surface area contributed by atoms with E-state index in [0.29, 0.717) is 27.0 Å². The zero-order chi connectivity index (χ0) is 23.3. The first-order valence-electron chi connectivity index (χ1n) is 9.63. The molecule has 0 bridgehead atoms. The summed E-state index contributed by atoms with van der Waals surface area (Å²) >= 11 is 12.2. The number of ether oxygens (including phenoxy) is 1. The Hall–Kier alpha value is -2.58. The van der Waals surface area contributed by atoms with Gasteiger partial charge in [-0.05, 0) is 48.9 Å². The fourth-order valence-corrected chi connectivity index (χ4v) is 4.83. The number of aryl methyl sites for hydroxylation is 1. The first-order chi connectivity index (χ1) is 15.2. The highest BCUT2D eigenvalue weighted by Crippen LogP contribution is 2.25. The molecule has 0 aliphatic carbocycles. The Balaban J connectivity index is 1.90. The summed E-state index contributed by atoms with van der Waals surface area (Å²) in [7, 11) is -2.47. The third-order valence-corrected chi connectivity index (χ3v) is 7.09. The summed E-state index contributed by atoms with van der Waals surface area (Å²) in [5, 5.41) is 3.46. The Kier molecular flexibility index (Phi) is 7.79. The van der Waals surface area contributed by atoms with E-state index in [1.165, 1.54) is 25.3 Å². The van der Waals surface area contributed by atoms with Crippen molar-refractivity contribution in [3.63, 3.8) is 0 Å². The minimum atomic E-state index is -3.99. The topological polar surface area (TPSA) is 75.7 Å². The predicted molar refractivity (Wildman–Crippen MR) is 127 cm³/mol. The van der Waals surface area contributed by atoms with Gasteiger partial charge in [0.25, 0.3) is 0 Å². The van der Waals surface area contributed by atoms with Crippen LogP contribution in [-0.4, -0.2) is 32.3 Å². The molecular formula is C23H22Cl2N2O4S. The number of carbonyl (C=O) groups excluding carboxylic acids is 1. The predicted octanol–water partition coefficient (Wildman–Crippen LogP) is 5.14. The molecule has 0 atom stereocenters. The van der Waals surface area contributed by atoms with Gasteiger partial charge in [-0.15, -0.1) is 0 Å². The van der Waals surface area contributed by atoms with Crippen LogP contribution in [0.3, 0.4) is 0 Å². The molecule has 3 aromatic rings. The Bertz CT molecular complexity index is 1210. The number of methoxy groups -OCH3 is 1. The summed E-state index contributed by atoms with van der Waals surface area (Å²) in [6.07, 6.45) is 0. The zero-order valence-corrected chi connectivity index (χ0v) is 19.8. The van der Waals surface area contributed by atoms with Crippen molar-refractivity contribution in [3.05, 3.63) is 87.9 Å². The summed E-state index contributed by atoms with van der Waals surface area (Å²) in [6.45, 7) is 1.35. The Morgan fingerprint density at radius 2 is 1.75 bits per heavy atom. The van der Waals surface area contributed by atoms with Gasteiger partial charge in [-0.25, -0.2) is 8.42 Å². The molecule has 6 nitrogen and oxygen atoms in total. The smallest absolute Gasteiger partial charge is 0.243 e. The standard InChI is InChI=1S/C23H22Cl2N2O4S/c1-16-6-10-21(11-7-16)32(29,30)27(14-17-8-9-18(24)12-22(17)25)15-23(28)26-19-4-3-5-20(13-19)31-2/h3-13H,14-15H2,1-2H3,(H,26,28). The van der Waals surface area contributed by atoms with Crippen LogP contribution in [0.5, 0.6) is 5.75 Å². The van der Waals surface area contributed by atoms with E-state index in [4.69, 9.17) is 27.9 Å². The zero-order valence-electron chi connectivity index (χ0n) is 17.5. The monoisotopic (exact) mass is 492 g/mol. The second-order valence-electron chi connectivity index (χ2n) is 7.10. The van der Waals surface area contributed by atoms with Crippen molar-refractivity contribution in [3.8, 4) is 5.75 Å². The van der Waals surface area contributed by atoms with E-state index in [0.717, 1.165) is 9.87 Å². The van der Waals surface area contributed by atoms with Gasteiger partial charge in [0.2, 0.25) is 15.9 Å². The molecule has 168 valence electrons. The third-order valence-electron chi connectivity index (χ3n) is 4.69. The maximum atomic E-state index is 13.4.